The number of carboxylic acids is 2. The lowest BCUT2D eigenvalue weighted by Crippen LogP contribution is -2.43. The Morgan fingerprint density at radius 3 is 2.32 bits per heavy atom. The lowest BCUT2D eigenvalue weighted by atomic mass is 10.1. The van der Waals surface area contributed by atoms with Crippen LogP contribution >= 0.6 is 0 Å². The van der Waals surface area contributed by atoms with Crippen LogP contribution in [0.5, 0.6) is 0 Å². The molecule has 120 valence electrons. The van der Waals surface area contributed by atoms with Crippen LogP contribution in [0.3, 0.4) is 0 Å². The average Bonchev–Trinajstić information content (AvgIpc) is 2.45. The summed E-state index contributed by atoms with van der Waals surface area (Å²) in [7, 11) is 1.57. The van der Waals surface area contributed by atoms with Crippen molar-refractivity contribution in [2.24, 2.45) is 0 Å². The molecule has 0 saturated heterocycles. The summed E-state index contributed by atoms with van der Waals surface area (Å²) < 4.78 is 4.96. The predicted molar refractivity (Wildman–Crippen MR) is 77.6 cm³/mol. The summed E-state index contributed by atoms with van der Waals surface area (Å²) in [5.74, 6) is -2.41. The molecule has 1 aromatic rings. The highest BCUT2D eigenvalue weighted by Crippen LogP contribution is 2.10. The Morgan fingerprint density at radius 2 is 1.82 bits per heavy atom. The highest BCUT2D eigenvalue weighted by molar-refractivity contribution is 5.92. The number of methoxy groups -OCH3 is 1. The van der Waals surface area contributed by atoms with E-state index in [1.54, 1.807) is 31.4 Å². The average molecular weight is 310 g/mol. The molecule has 1 rings (SSSR count). The number of nitrogens with one attached hydrogen (secondary N) is 2. The smallest absolute Gasteiger partial charge is 0.326 e. The largest absolute Gasteiger partial charge is 0.481 e. The molecular formula is C14H18N2O6. The minimum Gasteiger partial charge on any atom is -0.481 e. The van der Waals surface area contributed by atoms with Gasteiger partial charge in [-0.15, -0.1) is 0 Å². The molecule has 0 heterocycles. The maximum atomic E-state index is 11.7. The molecule has 0 aliphatic carbocycles. The lowest BCUT2D eigenvalue weighted by Gasteiger charge is -2.14. The fraction of sp³-hybridized carbons (Fsp3) is 0.357. The van der Waals surface area contributed by atoms with E-state index in [0.717, 1.165) is 5.56 Å². The number of benzene rings is 1. The topological polar surface area (TPSA) is 125 Å². The van der Waals surface area contributed by atoms with Gasteiger partial charge in [0.25, 0.3) is 0 Å². The number of ether oxygens (including phenoxy) is 1. The van der Waals surface area contributed by atoms with E-state index < -0.39 is 24.0 Å². The Hall–Kier alpha value is -2.61. The van der Waals surface area contributed by atoms with Crippen molar-refractivity contribution in [2.45, 2.75) is 25.5 Å². The van der Waals surface area contributed by atoms with E-state index >= 15 is 0 Å². The minimum absolute atomic E-state index is 0.190. The van der Waals surface area contributed by atoms with Gasteiger partial charge in [-0.05, 0) is 24.1 Å². The zero-order chi connectivity index (χ0) is 16.5. The second kappa shape index (κ2) is 8.63. The van der Waals surface area contributed by atoms with Gasteiger partial charge in [-0.1, -0.05) is 12.1 Å². The van der Waals surface area contributed by atoms with Gasteiger partial charge >= 0.3 is 18.0 Å². The van der Waals surface area contributed by atoms with Gasteiger partial charge in [0.1, 0.15) is 6.04 Å². The maximum Gasteiger partial charge on any atom is 0.326 e. The van der Waals surface area contributed by atoms with Crippen molar-refractivity contribution >= 4 is 23.7 Å². The molecule has 2 amide bonds. The molecular weight excluding hydrogens is 292 g/mol. The van der Waals surface area contributed by atoms with Gasteiger partial charge in [0.2, 0.25) is 0 Å². The third-order valence-corrected chi connectivity index (χ3v) is 2.77. The van der Waals surface area contributed by atoms with Crippen LogP contribution < -0.4 is 10.6 Å². The molecule has 1 unspecified atom stereocenters. The summed E-state index contributed by atoms with van der Waals surface area (Å²) in [5, 5.41) is 22.2. The molecule has 0 saturated carbocycles. The summed E-state index contributed by atoms with van der Waals surface area (Å²) in [6.07, 6.45) is -0.534. The van der Waals surface area contributed by atoms with Gasteiger partial charge in [-0.2, -0.15) is 0 Å². The van der Waals surface area contributed by atoms with E-state index in [1.165, 1.54) is 0 Å². The Kier molecular flexibility index (Phi) is 6.84. The Morgan fingerprint density at radius 1 is 1.18 bits per heavy atom. The van der Waals surface area contributed by atoms with E-state index in [0.29, 0.717) is 12.3 Å². The number of carbonyl (C=O) groups is 3. The number of rotatable bonds is 8. The van der Waals surface area contributed by atoms with Gasteiger partial charge in [-0.3, -0.25) is 4.79 Å². The quantitative estimate of drug-likeness (QED) is 0.573. The number of anilines is 1. The van der Waals surface area contributed by atoms with Crippen molar-refractivity contribution in [3.05, 3.63) is 29.8 Å². The van der Waals surface area contributed by atoms with E-state index in [9.17, 15) is 14.4 Å². The van der Waals surface area contributed by atoms with Crippen molar-refractivity contribution in [3.63, 3.8) is 0 Å². The highest BCUT2D eigenvalue weighted by atomic mass is 16.5. The summed E-state index contributed by atoms with van der Waals surface area (Å²) >= 11 is 0. The van der Waals surface area contributed by atoms with Crippen LogP contribution in [-0.4, -0.2) is 41.3 Å². The highest BCUT2D eigenvalue weighted by Gasteiger charge is 2.20. The molecule has 0 bridgehead atoms. The van der Waals surface area contributed by atoms with Gasteiger partial charge in [0, 0.05) is 19.2 Å². The second-order valence-electron chi connectivity index (χ2n) is 4.55. The maximum absolute atomic E-state index is 11.7. The number of hydrogen-bond donors (Lipinski definition) is 4. The molecule has 1 atom stereocenters. The summed E-state index contributed by atoms with van der Waals surface area (Å²) in [6, 6.07) is 4.86. The van der Waals surface area contributed by atoms with Crippen LogP contribution in [0.2, 0.25) is 0 Å². The lowest BCUT2D eigenvalue weighted by molar-refractivity contribution is -0.140. The molecule has 4 N–H and O–H groups in total. The Bertz CT molecular complexity index is 529. The zero-order valence-electron chi connectivity index (χ0n) is 12.0. The van der Waals surface area contributed by atoms with Crippen LogP contribution in [0, 0.1) is 0 Å². The first-order valence-corrected chi connectivity index (χ1v) is 6.52. The molecule has 8 heteroatoms. The Labute approximate surface area is 127 Å². The number of hydrogen-bond acceptors (Lipinski definition) is 4. The summed E-state index contributed by atoms with van der Waals surface area (Å²) in [4.78, 5) is 33.1. The number of carboxylic acid groups (broad SMARTS) is 2. The fourth-order valence-corrected chi connectivity index (χ4v) is 1.70. The van der Waals surface area contributed by atoms with Crippen LogP contribution in [-0.2, 0) is 20.9 Å². The van der Waals surface area contributed by atoms with E-state index in [-0.39, 0.29) is 12.8 Å². The molecule has 8 nitrogen and oxygen atoms in total. The summed E-state index contributed by atoms with van der Waals surface area (Å²) in [5.41, 5.74) is 1.41. The molecule has 0 radical (unpaired) electrons. The SMILES string of the molecule is COCc1ccc(NC(=O)NC(CCC(=O)O)C(=O)O)cc1. The van der Waals surface area contributed by atoms with Crippen molar-refractivity contribution in [1.82, 2.24) is 5.32 Å². The molecule has 0 aliphatic rings. The van der Waals surface area contributed by atoms with Crippen LogP contribution in [0.15, 0.2) is 24.3 Å². The van der Waals surface area contributed by atoms with Crippen LogP contribution in [0.4, 0.5) is 10.5 Å². The van der Waals surface area contributed by atoms with Crippen molar-refractivity contribution in [2.75, 3.05) is 12.4 Å². The third kappa shape index (κ3) is 6.23. The first-order valence-electron chi connectivity index (χ1n) is 6.52. The molecule has 0 aromatic heterocycles. The zero-order valence-corrected chi connectivity index (χ0v) is 12.0. The summed E-state index contributed by atoms with van der Waals surface area (Å²) in [6.45, 7) is 0.447. The van der Waals surface area contributed by atoms with Crippen LogP contribution in [0.25, 0.3) is 0 Å². The van der Waals surface area contributed by atoms with Crippen molar-refractivity contribution in [1.29, 1.82) is 0 Å². The normalized spacial score (nSPS) is 11.5. The van der Waals surface area contributed by atoms with Crippen molar-refractivity contribution < 1.29 is 29.3 Å². The number of aliphatic carboxylic acids is 2. The first-order chi connectivity index (χ1) is 10.4. The molecule has 1 aromatic carbocycles. The third-order valence-electron chi connectivity index (χ3n) is 2.77. The van der Waals surface area contributed by atoms with E-state index in [1.807, 2.05) is 0 Å². The van der Waals surface area contributed by atoms with Gasteiger partial charge in [-0.25, -0.2) is 9.59 Å². The molecule has 0 fully saturated rings. The van der Waals surface area contributed by atoms with E-state index in [2.05, 4.69) is 10.6 Å². The molecule has 0 aliphatic heterocycles. The number of carbonyl (C=O) groups excluding carboxylic acids is 1. The van der Waals surface area contributed by atoms with Crippen molar-refractivity contribution in [3.8, 4) is 0 Å². The van der Waals surface area contributed by atoms with E-state index in [4.69, 9.17) is 14.9 Å². The standard InChI is InChI=1S/C14H18N2O6/c1-22-8-9-2-4-10(5-3-9)15-14(21)16-11(13(19)20)6-7-12(17)18/h2-5,11H,6-8H2,1H3,(H,17,18)(H,19,20)(H2,15,16,21). The van der Waals surface area contributed by atoms with Gasteiger partial charge in [0.05, 0.1) is 6.61 Å². The first kappa shape index (κ1) is 17.4. The fourth-order valence-electron chi connectivity index (χ4n) is 1.70. The van der Waals surface area contributed by atoms with Gasteiger partial charge < -0.3 is 25.6 Å². The predicted octanol–water partition coefficient (Wildman–Crippen LogP) is 1.27. The van der Waals surface area contributed by atoms with Gasteiger partial charge in [0.15, 0.2) is 0 Å². The monoisotopic (exact) mass is 310 g/mol. The second-order valence-corrected chi connectivity index (χ2v) is 4.55. The number of urea groups is 1. The number of amides is 2. The molecule has 22 heavy (non-hydrogen) atoms. The Balaban J connectivity index is 2.55. The van der Waals surface area contributed by atoms with Crippen LogP contribution in [0.1, 0.15) is 18.4 Å². The molecule has 0 spiro atoms. The minimum atomic E-state index is -1.29.